The predicted octanol–water partition coefficient (Wildman–Crippen LogP) is 3.25. The van der Waals surface area contributed by atoms with Gasteiger partial charge < -0.3 is 5.32 Å². The minimum absolute atomic E-state index is 0.108. The molecule has 94 valence electrons. The fourth-order valence-corrected chi connectivity index (χ4v) is 1.96. The lowest BCUT2D eigenvalue weighted by Crippen LogP contribution is -2.37. The maximum absolute atomic E-state index is 11.7. The van der Waals surface area contributed by atoms with E-state index in [9.17, 15) is 4.79 Å². The van der Waals surface area contributed by atoms with Gasteiger partial charge in [0.05, 0.1) is 5.75 Å². The first-order valence-corrected chi connectivity index (χ1v) is 6.96. The Kier molecular flexibility index (Phi) is 5.56. The second kappa shape index (κ2) is 6.70. The van der Waals surface area contributed by atoms with Crippen molar-refractivity contribution in [3.8, 4) is 0 Å². The highest BCUT2D eigenvalue weighted by atomic mass is 32.2. The number of hydrogen-bond donors (Lipinski definition) is 1. The third-order valence-corrected chi connectivity index (χ3v) is 3.79. The van der Waals surface area contributed by atoms with Crippen molar-refractivity contribution in [2.75, 3.05) is 5.75 Å². The SMILES string of the molecule is Cc1ccc(SCC(=O)N[C@H](C)C(C)C)cc1. The molecule has 0 bridgehead atoms. The van der Waals surface area contributed by atoms with Crippen molar-refractivity contribution in [3.63, 3.8) is 0 Å². The normalized spacial score (nSPS) is 12.5. The Morgan fingerprint density at radius 1 is 1.24 bits per heavy atom. The first kappa shape index (κ1) is 14.1. The van der Waals surface area contributed by atoms with Crippen LogP contribution in [-0.4, -0.2) is 17.7 Å². The van der Waals surface area contributed by atoms with E-state index in [0.717, 1.165) is 4.90 Å². The minimum atomic E-state index is 0.108. The Morgan fingerprint density at radius 2 is 1.82 bits per heavy atom. The molecule has 0 saturated heterocycles. The van der Waals surface area contributed by atoms with E-state index >= 15 is 0 Å². The fourth-order valence-electron chi connectivity index (χ4n) is 1.25. The third kappa shape index (κ3) is 5.26. The molecule has 1 amide bonds. The molecule has 1 rings (SSSR count). The van der Waals surface area contributed by atoms with Crippen LogP contribution >= 0.6 is 11.8 Å². The van der Waals surface area contributed by atoms with Crippen LogP contribution < -0.4 is 5.32 Å². The second-order valence-corrected chi connectivity index (χ2v) is 5.75. The van der Waals surface area contributed by atoms with Crippen molar-refractivity contribution in [1.29, 1.82) is 0 Å². The van der Waals surface area contributed by atoms with E-state index in [-0.39, 0.29) is 11.9 Å². The summed E-state index contributed by atoms with van der Waals surface area (Å²) in [7, 11) is 0. The number of thioether (sulfide) groups is 1. The standard InChI is InChI=1S/C14H21NOS/c1-10(2)12(4)15-14(16)9-17-13-7-5-11(3)6-8-13/h5-8,10,12H,9H2,1-4H3,(H,15,16)/t12-/m1/s1. The highest BCUT2D eigenvalue weighted by Gasteiger charge is 2.10. The number of carbonyl (C=O) groups excluding carboxylic acids is 1. The van der Waals surface area contributed by atoms with Gasteiger partial charge in [-0.05, 0) is 31.9 Å². The summed E-state index contributed by atoms with van der Waals surface area (Å²) < 4.78 is 0. The molecule has 1 aromatic carbocycles. The lowest BCUT2D eigenvalue weighted by atomic mass is 10.1. The zero-order chi connectivity index (χ0) is 12.8. The molecule has 0 aliphatic rings. The van der Waals surface area contributed by atoms with Gasteiger partial charge in [0.2, 0.25) is 5.91 Å². The Labute approximate surface area is 108 Å². The van der Waals surface area contributed by atoms with Gasteiger partial charge in [-0.25, -0.2) is 0 Å². The molecule has 0 spiro atoms. The number of hydrogen-bond acceptors (Lipinski definition) is 2. The van der Waals surface area contributed by atoms with Crippen molar-refractivity contribution in [2.45, 2.75) is 38.6 Å². The van der Waals surface area contributed by atoms with Crippen LogP contribution in [0.25, 0.3) is 0 Å². The molecule has 0 fully saturated rings. The lowest BCUT2D eigenvalue weighted by Gasteiger charge is -2.17. The van der Waals surface area contributed by atoms with E-state index < -0.39 is 0 Å². The molecule has 1 atom stereocenters. The fraction of sp³-hybridized carbons (Fsp3) is 0.500. The first-order chi connectivity index (χ1) is 7.99. The monoisotopic (exact) mass is 251 g/mol. The second-order valence-electron chi connectivity index (χ2n) is 4.70. The van der Waals surface area contributed by atoms with Crippen molar-refractivity contribution in [3.05, 3.63) is 29.8 Å². The topological polar surface area (TPSA) is 29.1 Å². The molecule has 17 heavy (non-hydrogen) atoms. The molecule has 0 aliphatic heterocycles. The van der Waals surface area contributed by atoms with Crippen molar-refractivity contribution >= 4 is 17.7 Å². The highest BCUT2D eigenvalue weighted by molar-refractivity contribution is 8.00. The maximum atomic E-state index is 11.7. The van der Waals surface area contributed by atoms with Gasteiger partial charge in [-0.3, -0.25) is 4.79 Å². The average molecular weight is 251 g/mol. The van der Waals surface area contributed by atoms with Crippen LogP contribution in [0.15, 0.2) is 29.2 Å². The molecular weight excluding hydrogens is 230 g/mol. The van der Waals surface area contributed by atoms with E-state index in [1.165, 1.54) is 5.56 Å². The summed E-state index contributed by atoms with van der Waals surface area (Å²) in [6.45, 7) is 8.32. The first-order valence-electron chi connectivity index (χ1n) is 5.98. The summed E-state index contributed by atoms with van der Waals surface area (Å²) in [5.41, 5.74) is 1.24. The number of carbonyl (C=O) groups is 1. The van der Waals surface area contributed by atoms with Crippen LogP contribution in [0.3, 0.4) is 0 Å². The van der Waals surface area contributed by atoms with Crippen LogP contribution in [0.5, 0.6) is 0 Å². The minimum Gasteiger partial charge on any atom is -0.353 e. The van der Waals surface area contributed by atoms with Crippen molar-refractivity contribution in [1.82, 2.24) is 5.32 Å². The molecule has 0 aromatic heterocycles. The summed E-state index contributed by atoms with van der Waals surface area (Å²) in [6.07, 6.45) is 0. The molecule has 0 heterocycles. The van der Waals surface area contributed by atoms with Crippen LogP contribution in [0.1, 0.15) is 26.3 Å². The Morgan fingerprint density at radius 3 is 2.35 bits per heavy atom. The molecule has 2 nitrogen and oxygen atoms in total. The molecule has 0 unspecified atom stereocenters. The summed E-state index contributed by atoms with van der Waals surface area (Å²) in [5, 5.41) is 3.00. The maximum Gasteiger partial charge on any atom is 0.230 e. The van der Waals surface area contributed by atoms with E-state index in [1.54, 1.807) is 11.8 Å². The molecule has 1 aromatic rings. The van der Waals surface area contributed by atoms with Gasteiger partial charge >= 0.3 is 0 Å². The van der Waals surface area contributed by atoms with Gasteiger partial charge in [-0.2, -0.15) is 0 Å². The number of nitrogens with one attached hydrogen (secondary N) is 1. The molecule has 0 saturated carbocycles. The summed E-state index contributed by atoms with van der Waals surface area (Å²) in [6, 6.07) is 8.48. The van der Waals surface area contributed by atoms with Gasteiger partial charge in [0, 0.05) is 10.9 Å². The van der Waals surface area contributed by atoms with Gasteiger partial charge in [0.25, 0.3) is 0 Å². The zero-order valence-electron chi connectivity index (χ0n) is 11.0. The number of rotatable bonds is 5. The third-order valence-electron chi connectivity index (χ3n) is 2.78. The molecular formula is C14H21NOS. The lowest BCUT2D eigenvalue weighted by molar-refractivity contribution is -0.119. The molecule has 3 heteroatoms. The largest absolute Gasteiger partial charge is 0.353 e. The van der Waals surface area contributed by atoms with Crippen LogP contribution in [0, 0.1) is 12.8 Å². The highest BCUT2D eigenvalue weighted by Crippen LogP contribution is 2.17. The molecule has 0 aliphatic carbocycles. The quantitative estimate of drug-likeness (QED) is 0.814. The van der Waals surface area contributed by atoms with Crippen LogP contribution in [0.4, 0.5) is 0 Å². The number of amides is 1. The van der Waals surface area contributed by atoms with Gasteiger partial charge in [0.15, 0.2) is 0 Å². The summed E-state index contributed by atoms with van der Waals surface area (Å²) >= 11 is 1.58. The van der Waals surface area contributed by atoms with Crippen molar-refractivity contribution < 1.29 is 4.79 Å². The smallest absolute Gasteiger partial charge is 0.230 e. The molecule has 1 N–H and O–H groups in total. The van der Waals surface area contributed by atoms with E-state index in [4.69, 9.17) is 0 Å². The summed E-state index contributed by atoms with van der Waals surface area (Å²) in [5.74, 6) is 1.07. The van der Waals surface area contributed by atoms with Crippen LogP contribution in [0.2, 0.25) is 0 Å². The van der Waals surface area contributed by atoms with Gasteiger partial charge in [-0.15, -0.1) is 11.8 Å². The predicted molar refractivity (Wildman–Crippen MR) is 74.3 cm³/mol. The van der Waals surface area contributed by atoms with Crippen molar-refractivity contribution in [2.24, 2.45) is 5.92 Å². The van der Waals surface area contributed by atoms with E-state index in [2.05, 4.69) is 50.4 Å². The Bertz CT molecular complexity index is 359. The Balaban J connectivity index is 2.35. The van der Waals surface area contributed by atoms with Crippen LogP contribution in [-0.2, 0) is 4.79 Å². The molecule has 0 radical (unpaired) electrons. The number of benzene rings is 1. The van der Waals surface area contributed by atoms with Gasteiger partial charge in [0.1, 0.15) is 0 Å². The average Bonchev–Trinajstić information content (AvgIpc) is 2.28. The van der Waals surface area contributed by atoms with E-state index in [0.29, 0.717) is 11.7 Å². The van der Waals surface area contributed by atoms with E-state index in [1.807, 2.05) is 6.92 Å². The number of aryl methyl sites for hydroxylation is 1. The van der Waals surface area contributed by atoms with Gasteiger partial charge in [-0.1, -0.05) is 31.5 Å². The summed E-state index contributed by atoms with van der Waals surface area (Å²) in [4.78, 5) is 12.8. The Hall–Kier alpha value is -0.960. The zero-order valence-corrected chi connectivity index (χ0v) is 11.8.